The molecule has 0 aromatic carbocycles. The van der Waals surface area contributed by atoms with Crippen LogP contribution in [0, 0.1) is 0 Å². The van der Waals surface area contributed by atoms with Crippen molar-refractivity contribution < 1.29 is 23.9 Å². The van der Waals surface area contributed by atoms with Crippen LogP contribution in [-0.2, 0) is 23.9 Å². The van der Waals surface area contributed by atoms with Gasteiger partial charge in [-0.05, 0) is 6.92 Å². The van der Waals surface area contributed by atoms with Crippen molar-refractivity contribution in [3.8, 4) is 0 Å². The summed E-state index contributed by atoms with van der Waals surface area (Å²) < 4.78 is 8.90. The molecule has 80 valence electrons. The molecule has 0 heterocycles. The first kappa shape index (κ1) is 12.4. The van der Waals surface area contributed by atoms with Crippen LogP contribution in [0.3, 0.4) is 0 Å². The minimum Gasteiger partial charge on any atom is -0.467 e. The molecule has 0 radical (unpaired) electrons. The predicted molar refractivity (Wildman–Crippen MR) is 46.3 cm³/mol. The second-order valence-corrected chi connectivity index (χ2v) is 2.41. The zero-order valence-electron chi connectivity index (χ0n) is 8.33. The van der Waals surface area contributed by atoms with E-state index in [-0.39, 0.29) is 6.61 Å². The number of ether oxygens (including phenoxy) is 2. The Hall–Kier alpha value is -1.59. The number of esters is 2. The fraction of sp³-hybridized carbons (Fsp3) is 0.625. The quantitative estimate of drug-likeness (QED) is 0.479. The molecule has 0 aromatic rings. The molecular formula is C8H13NO5. The van der Waals surface area contributed by atoms with Gasteiger partial charge in [-0.1, -0.05) is 0 Å². The molecule has 0 aliphatic rings. The lowest BCUT2D eigenvalue weighted by molar-refractivity contribution is -0.158. The number of carbonyl (C=O) groups is 3. The largest absolute Gasteiger partial charge is 0.467 e. The molecule has 0 aromatic heterocycles. The zero-order chi connectivity index (χ0) is 11.1. The van der Waals surface area contributed by atoms with Gasteiger partial charge >= 0.3 is 11.9 Å². The monoisotopic (exact) mass is 203 g/mol. The van der Waals surface area contributed by atoms with E-state index in [0.717, 1.165) is 7.11 Å². The third-order valence-electron chi connectivity index (χ3n) is 1.31. The summed E-state index contributed by atoms with van der Waals surface area (Å²) in [5, 5.41) is 2.13. The van der Waals surface area contributed by atoms with E-state index in [1.165, 1.54) is 6.92 Å². The van der Waals surface area contributed by atoms with Crippen molar-refractivity contribution in [2.24, 2.45) is 0 Å². The minimum absolute atomic E-state index is 0.131. The van der Waals surface area contributed by atoms with Crippen molar-refractivity contribution in [3.63, 3.8) is 0 Å². The van der Waals surface area contributed by atoms with E-state index in [0.29, 0.717) is 0 Å². The molecule has 0 saturated carbocycles. The van der Waals surface area contributed by atoms with Crippen LogP contribution in [0.15, 0.2) is 0 Å². The standard InChI is InChI=1S/C8H13NO5/c1-4-14-8(12)6(7(11)13-3)9-5(2)10/h6H,4H2,1-3H3,(H,9,10). The number of hydrogen-bond donors (Lipinski definition) is 1. The Labute approximate surface area is 81.6 Å². The minimum atomic E-state index is -1.38. The van der Waals surface area contributed by atoms with Crippen LogP contribution in [0.25, 0.3) is 0 Å². The lowest BCUT2D eigenvalue weighted by Gasteiger charge is -2.13. The fourth-order valence-corrected chi connectivity index (χ4v) is 0.761. The van der Waals surface area contributed by atoms with Crippen molar-refractivity contribution in [1.29, 1.82) is 0 Å². The summed E-state index contributed by atoms with van der Waals surface area (Å²) in [6.45, 7) is 2.92. The molecule has 0 bridgehead atoms. The molecular weight excluding hydrogens is 190 g/mol. The maximum atomic E-state index is 11.1. The fourth-order valence-electron chi connectivity index (χ4n) is 0.761. The second kappa shape index (κ2) is 5.95. The summed E-state index contributed by atoms with van der Waals surface area (Å²) >= 11 is 0. The Morgan fingerprint density at radius 2 is 1.86 bits per heavy atom. The topological polar surface area (TPSA) is 81.7 Å². The maximum Gasteiger partial charge on any atom is 0.340 e. The van der Waals surface area contributed by atoms with Gasteiger partial charge in [0.25, 0.3) is 0 Å². The van der Waals surface area contributed by atoms with Crippen LogP contribution in [0.5, 0.6) is 0 Å². The first-order chi connectivity index (χ1) is 6.52. The van der Waals surface area contributed by atoms with Gasteiger partial charge in [-0.2, -0.15) is 0 Å². The number of methoxy groups -OCH3 is 1. The highest BCUT2D eigenvalue weighted by atomic mass is 16.5. The van der Waals surface area contributed by atoms with E-state index in [4.69, 9.17) is 0 Å². The molecule has 14 heavy (non-hydrogen) atoms. The van der Waals surface area contributed by atoms with Crippen molar-refractivity contribution in [2.45, 2.75) is 19.9 Å². The number of carbonyl (C=O) groups excluding carboxylic acids is 3. The Balaban J connectivity index is 4.45. The molecule has 0 saturated heterocycles. The van der Waals surface area contributed by atoms with E-state index in [1.54, 1.807) is 6.92 Å². The van der Waals surface area contributed by atoms with Gasteiger partial charge in [0.05, 0.1) is 13.7 Å². The molecule has 6 nitrogen and oxygen atoms in total. The van der Waals surface area contributed by atoms with Gasteiger partial charge in [-0.25, -0.2) is 9.59 Å². The molecule has 0 fully saturated rings. The zero-order valence-corrected chi connectivity index (χ0v) is 8.33. The molecule has 0 spiro atoms. The Bertz CT molecular complexity index is 238. The van der Waals surface area contributed by atoms with E-state index >= 15 is 0 Å². The predicted octanol–water partition coefficient (Wildman–Crippen LogP) is -0.773. The molecule has 1 amide bonds. The van der Waals surface area contributed by atoms with E-state index in [1.807, 2.05) is 0 Å². The summed E-state index contributed by atoms with van der Waals surface area (Å²) in [7, 11) is 1.12. The second-order valence-electron chi connectivity index (χ2n) is 2.41. The molecule has 1 unspecified atom stereocenters. The molecule has 1 atom stereocenters. The molecule has 0 aliphatic carbocycles. The van der Waals surface area contributed by atoms with Crippen molar-refractivity contribution in [1.82, 2.24) is 5.32 Å². The van der Waals surface area contributed by atoms with Crippen LogP contribution in [-0.4, -0.2) is 37.6 Å². The van der Waals surface area contributed by atoms with E-state index in [9.17, 15) is 14.4 Å². The lowest BCUT2D eigenvalue weighted by atomic mass is 10.3. The van der Waals surface area contributed by atoms with Crippen LogP contribution in [0.2, 0.25) is 0 Å². The normalized spacial score (nSPS) is 11.4. The van der Waals surface area contributed by atoms with Crippen LogP contribution >= 0.6 is 0 Å². The third-order valence-corrected chi connectivity index (χ3v) is 1.31. The van der Waals surface area contributed by atoms with Crippen molar-refractivity contribution in [3.05, 3.63) is 0 Å². The summed E-state index contributed by atoms with van der Waals surface area (Å²) in [5.41, 5.74) is 0. The van der Waals surface area contributed by atoms with Crippen molar-refractivity contribution >= 4 is 17.8 Å². The smallest absolute Gasteiger partial charge is 0.340 e. The molecule has 0 rings (SSSR count). The lowest BCUT2D eigenvalue weighted by Crippen LogP contribution is -2.47. The number of nitrogens with one attached hydrogen (secondary N) is 1. The number of rotatable bonds is 4. The van der Waals surface area contributed by atoms with Crippen molar-refractivity contribution in [2.75, 3.05) is 13.7 Å². The number of amides is 1. The van der Waals surface area contributed by atoms with E-state index < -0.39 is 23.9 Å². The first-order valence-corrected chi connectivity index (χ1v) is 4.04. The van der Waals surface area contributed by atoms with Gasteiger partial charge in [0, 0.05) is 6.92 Å². The van der Waals surface area contributed by atoms with Crippen LogP contribution in [0.1, 0.15) is 13.8 Å². The highest BCUT2D eigenvalue weighted by Crippen LogP contribution is 1.93. The summed E-state index contributed by atoms with van der Waals surface area (Å²) in [6.07, 6.45) is 0. The van der Waals surface area contributed by atoms with Gasteiger partial charge < -0.3 is 14.8 Å². The van der Waals surface area contributed by atoms with Crippen LogP contribution < -0.4 is 5.32 Å². The first-order valence-electron chi connectivity index (χ1n) is 4.04. The highest BCUT2D eigenvalue weighted by molar-refractivity contribution is 6.02. The Kier molecular flexibility index (Phi) is 5.28. The van der Waals surface area contributed by atoms with Gasteiger partial charge in [-0.15, -0.1) is 0 Å². The number of hydrogen-bond acceptors (Lipinski definition) is 5. The molecule has 6 heteroatoms. The SMILES string of the molecule is CCOC(=O)C(NC(C)=O)C(=O)OC. The summed E-state index contributed by atoms with van der Waals surface area (Å²) in [5.74, 6) is -2.18. The third kappa shape index (κ3) is 3.88. The Morgan fingerprint density at radius 1 is 1.29 bits per heavy atom. The van der Waals surface area contributed by atoms with Crippen LogP contribution in [0.4, 0.5) is 0 Å². The summed E-state index contributed by atoms with van der Waals surface area (Å²) in [4.78, 5) is 32.8. The average molecular weight is 203 g/mol. The van der Waals surface area contributed by atoms with Gasteiger partial charge in [0.15, 0.2) is 0 Å². The molecule has 0 aliphatic heterocycles. The molecule has 1 N–H and O–H groups in total. The van der Waals surface area contributed by atoms with Gasteiger partial charge in [0.2, 0.25) is 11.9 Å². The summed E-state index contributed by atoms with van der Waals surface area (Å²) in [6, 6.07) is -1.38. The maximum absolute atomic E-state index is 11.1. The van der Waals surface area contributed by atoms with E-state index in [2.05, 4.69) is 14.8 Å². The highest BCUT2D eigenvalue weighted by Gasteiger charge is 2.29. The van der Waals surface area contributed by atoms with Gasteiger partial charge in [-0.3, -0.25) is 4.79 Å². The average Bonchev–Trinajstić information content (AvgIpc) is 2.13. The van der Waals surface area contributed by atoms with Gasteiger partial charge in [0.1, 0.15) is 0 Å². The Morgan fingerprint density at radius 3 is 2.21 bits per heavy atom.